The monoisotopic (exact) mass is 370 g/mol. The molecular weight excluding hydrogens is 344 g/mol. The molecule has 2 heterocycles. The van der Waals surface area contributed by atoms with Gasteiger partial charge in [0.25, 0.3) is 5.91 Å². The van der Waals surface area contributed by atoms with E-state index in [-0.39, 0.29) is 22.6 Å². The van der Waals surface area contributed by atoms with Crippen molar-refractivity contribution in [1.82, 2.24) is 10.2 Å². The van der Waals surface area contributed by atoms with Gasteiger partial charge in [0, 0.05) is 31.2 Å². The average molecular weight is 370 g/mol. The van der Waals surface area contributed by atoms with Crippen LogP contribution in [0.15, 0.2) is 39.5 Å². The van der Waals surface area contributed by atoms with E-state index in [2.05, 4.69) is 10.2 Å². The van der Waals surface area contributed by atoms with Crippen molar-refractivity contribution >= 4 is 16.9 Å². The molecule has 2 aromatic rings. The van der Waals surface area contributed by atoms with Crippen LogP contribution in [0.2, 0.25) is 0 Å². The zero-order valence-corrected chi connectivity index (χ0v) is 15.5. The van der Waals surface area contributed by atoms with E-state index in [4.69, 9.17) is 9.15 Å². The number of rotatable bonds is 4. The summed E-state index contributed by atoms with van der Waals surface area (Å²) in [5, 5.41) is 3.54. The van der Waals surface area contributed by atoms with Crippen LogP contribution >= 0.6 is 0 Å². The van der Waals surface area contributed by atoms with Gasteiger partial charge >= 0.3 is 0 Å². The molecule has 1 aromatic carbocycles. The molecule has 0 radical (unpaired) electrons. The van der Waals surface area contributed by atoms with E-state index >= 15 is 0 Å². The zero-order valence-electron chi connectivity index (χ0n) is 15.5. The fourth-order valence-corrected chi connectivity index (χ4v) is 4.40. The Hall–Kier alpha value is -2.18. The van der Waals surface area contributed by atoms with Gasteiger partial charge in [-0.1, -0.05) is 31.4 Å². The van der Waals surface area contributed by atoms with Crippen LogP contribution in [-0.4, -0.2) is 49.2 Å². The van der Waals surface area contributed by atoms with E-state index in [0.29, 0.717) is 17.5 Å². The topological polar surface area (TPSA) is 71.8 Å². The SMILES string of the molecule is O=C(NCC1(N2CCOCC2)CCCCC1)c1cc(=O)c2ccccc2o1. The van der Waals surface area contributed by atoms with Crippen molar-refractivity contribution in [2.45, 2.75) is 37.6 Å². The van der Waals surface area contributed by atoms with Crippen molar-refractivity contribution in [2.75, 3.05) is 32.8 Å². The number of amides is 1. The van der Waals surface area contributed by atoms with E-state index in [1.807, 2.05) is 0 Å². The minimum absolute atomic E-state index is 0.0190. The second-order valence-corrected chi connectivity index (χ2v) is 7.54. The number of ether oxygens (including phenoxy) is 1. The number of nitrogens with one attached hydrogen (secondary N) is 1. The summed E-state index contributed by atoms with van der Waals surface area (Å²) in [5.74, 6) is -0.248. The summed E-state index contributed by atoms with van der Waals surface area (Å²) in [5.41, 5.74) is 0.229. The molecule has 1 saturated heterocycles. The normalized spacial score (nSPS) is 20.4. The Morgan fingerprint density at radius 2 is 1.85 bits per heavy atom. The van der Waals surface area contributed by atoms with E-state index in [0.717, 1.165) is 39.1 Å². The molecule has 1 aromatic heterocycles. The first-order valence-electron chi connectivity index (χ1n) is 9.82. The molecule has 1 saturated carbocycles. The van der Waals surface area contributed by atoms with E-state index in [1.165, 1.54) is 25.3 Å². The first-order valence-corrected chi connectivity index (χ1v) is 9.82. The van der Waals surface area contributed by atoms with Gasteiger partial charge < -0.3 is 14.5 Å². The second kappa shape index (κ2) is 7.82. The Labute approximate surface area is 158 Å². The lowest BCUT2D eigenvalue weighted by Crippen LogP contribution is -2.59. The predicted octanol–water partition coefficient (Wildman–Crippen LogP) is 2.56. The van der Waals surface area contributed by atoms with E-state index in [9.17, 15) is 9.59 Å². The van der Waals surface area contributed by atoms with Gasteiger partial charge in [-0.15, -0.1) is 0 Å². The molecule has 1 amide bonds. The molecule has 6 heteroatoms. The molecule has 144 valence electrons. The molecule has 1 N–H and O–H groups in total. The fourth-order valence-electron chi connectivity index (χ4n) is 4.40. The first-order chi connectivity index (χ1) is 13.2. The Balaban J connectivity index is 1.52. The Bertz CT molecular complexity index is 864. The zero-order chi connectivity index (χ0) is 18.7. The maximum atomic E-state index is 12.7. The Morgan fingerprint density at radius 1 is 1.11 bits per heavy atom. The highest BCUT2D eigenvalue weighted by Crippen LogP contribution is 2.34. The summed E-state index contributed by atoms with van der Waals surface area (Å²) in [6.07, 6.45) is 5.76. The van der Waals surface area contributed by atoms with Gasteiger partial charge in [-0.2, -0.15) is 0 Å². The lowest BCUT2D eigenvalue weighted by molar-refractivity contribution is -0.0362. The summed E-state index contributed by atoms with van der Waals surface area (Å²) >= 11 is 0. The van der Waals surface area contributed by atoms with Crippen LogP contribution in [0.25, 0.3) is 11.0 Å². The number of para-hydroxylation sites is 1. The minimum Gasteiger partial charge on any atom is -0.451 e. The van der Waals surface area contributed by atoms with Gasteiger partial charge in [-0.25, -0.2) is 0 Å². The number of benzene rings is 1. The first kappa shape index (κ1) is 18.2. The summed E-state index contributed by atoms with van der Waals surface area (Å²) in [6.45, 7) is 3.87. The molecule has 0 spiro atoms. The molecule has 4 rings (SSSR count). The fraction of sp³-hybridized carbons (Fsp3) is 0.524. The van der Waals surface area contributed by atoms with Crippen LogP contribution in [0.4, 0.5) is 0 Å². The lowest BCUT2D eigenvalue weighted by Gasteiger charge is -2.48. The largest absolute Gasteiger partial charge is 0.451 e. The number of nitrogens with zero attached hydrogens (tertiary/aromatic N) is 1. The van der Waals surface area contributed by atoms with Crippen LogP contribution in [-0.2, 0) is 4.74 Å². The molecule has 27 heavy (non-hydrogen) atoms. The van der Waals surface area contributed by atoms with Gasteiger partial charge in [0.05, 0.1) is 18.6 Å². The molecule has 2 aliphatic rings. The minimum atomic E-state index is -0.323. The molecule has 1 aliphatic carbocycles. The smallest absolute Gasteiger partial charge is 0.287 e. The third-order valence-electron chi connectivity index (χ3n) is 5.90. The Morgan fingerprint density at radius 3 is 2.63 bits per heavy atom. The van der Waals surface area contributed by atoms with Gasteiger partial charge in [0.1, 0.15) is 5.58 Å². The number of carbonyl (C=O) groups excluding carboxylic acids is 1. The summed E-state index contributed by atoms with van der Waals surface area (Å²) in [6, 6.07) is 8.29. The Kier molecular flexibility index (Phi) is 5.27. The molecule has 0 unspecified atom stereocenters. The highest BCUT2D eigenvalue weighted by molar-refractivity contribution is 5.93. The van der Waals surface area contributed by atoms with Crippen molar-refractivity contribution in [3.05, 3.63) is 46.3 Å². The standard InChI is InChI=1S/C21H26N2O4/c24-17-14-19(27-18-7-3-2-6-16(17)18)20(25)22-15-21(8-4-1-5-9-21)23-10-12-26-13-11-23/h2-3,6-7,14H,1,4-5,8-13,15H2,(H,22,25). The summed E-state index contributed by atoms with van der Waals surface area (Å²) in [7, 11) is 0. The van der Waals surface area contributed by atoms with Crippen molar-refractivity contribution in [2.24, 2.45) is 0 Å². The van der Waals surface area contributed by atoms with Crippen LogP contribution in [0, 0.1) is 0 Å². The number of hydrogen-bond acceptors (Lipinski definition) is 5. The molecule has 1 aliphatic heterocycles. The van der Waals surface area contributed by atoms with Crippen molar-refractivity contribution in [3.63, 3.8) is 0 Å². The van der Waals surface area contributed by atoms with E-state index in [1.54, 1.807) is 24.3 Å². The molecule has 6 nitrogen and oxygen atoms in total. The number of hydrogen-bond donors (Lipinski definition) is 1. The van der Waals surface area contributed by atoms with Crippen LogP contribution in [0.1, 0.15) is 42.7 Å². The molecule has 2 fully saturated rings. The van der Waals surface area contributed by atoms with Gasteiger partial charge in [-0.05, 0) is 25.0 Å². The van der Waals surface area contributed by atoms with Gasteiger partial charge in [0.2, 0.25) is 0 Å². The predicted molar refractivity (Wildman–Crippen MR) is 103 cm³/mol. The molecule has 0 atom stereocenters. The van der Waals surface area contributed by atoms with Crippen molar-refractivity contribution < 1.29 is 13.9 Å². The van der Waals surface area contributed by atoms with Gasteiger partial charge in [-0.3, -0.25) is 14.5 Å². The van der Waals surface area contributed by atoms with Gasteiger partial charge in [0.15, 0.2) is 11.2 Å². The number of morpholine rings is 1. The van der Waals surface area contributed by atoms with Crippen LogP contribution in [0.3, 0.4) is 0 Å². The van der Waals surface area contributed by atoms with Crippen LogP contribution in [0.5, 0.6) is 0 Å². The third-order valence-corrected chi connectivity index (χ3v) is 5.90. The lowest BCUT2D eigenvalue weighted by atomic mass is 9.79. The van der Waals surface area contributed by atoms with Crippen molar-refractivity contribution in [3.8, 4) is 0 Å². The highest BCUT2D eigenvalue weighted by Gasteiger charge is 2.39. The van der Waals surface area contributed by atoms with Crippen molar-refractivity contribution in [1.29, 1.82) is 0 Å². The average Bonchev–Trinajstić information content (AvgIpc) is 2.73. The van der Waals surface area contributed by atoms with E-state index < -0.39 is 0 Å². The maximum absolute atomic E-state index is 12.7. The second-order valence-electron chi connectivity index (χ2n) is 7.54. The molecule has 0 bridgehead atoms. The maximum Gasteiger partial charge on any atom is 0.287 e. The summed E-state index contributed by atoms with van der Waals surface area (Å²) < 4.78 is 11.2. The number of fused-ring (bicyclic) bond motifs is 1. The quantitative estimate of drug-likeness (QED) is 0.896. The third kappa shape index (κ3) is 3.77. The highest BCUT2D eigenvalue weighted by atomic mass is 16.5. The molecular formula is C21H26N2O4. The number of carbonyl (C=O) groups is 1. The summed E-state index contributed by atoms with van der Waals surface area (Å²) in [4.78, 5) is 27.5. The van der Waals surface area contributed by atoms with Crippen LogP contribution < -0.4 is 10.7 Å².